The Hall–Kier alpha value is -2.25. The minimum Gasteiger partial charge on any atom is -0.454 e. The zero-order chi connectivity index (χ0) is 17.9. The number of nitrogens with one attached hydrogen (secondary N) is 1. The van der Waals surface area contributed by atoms with Gasteiger partial charge in [0.15, 0.2) is 15.8 Å². The highest BCUT2D eigenvalue weighted by molar-refractivity contribution is 8.00. The number of fused-ring (bicyclic) bond motifs is 1. The van der Waals surface area contributed by atoms with E-state index in [-0.39, 0.29) is 0 Å². The van der Waals surface area contributed by atoms with Crippen molar-refractivity contribution in [3.63, 3.8) is 0 Å². The maximum absolute atomic E-state index is 5.42. The van der Waals surface area contributed by atoms with E-state index in [1.54, 1.807) is 23.1 Å². The Balaban J connectivity index is 1.35. The molecule has 0 atom stereocenters. The predicted molar refractivity (Wildman–Crippen MR) is 106 cm³/mol. The van der Waals surface area contributed by atoms with Crippen LogP contribution in [-0.2, 0) is 5.75 Å². The SMILES string of the molecule is CC(C)c1ccc(Nc2nnc(SCc3ccc4c(c3)OCO4)s2)cc1. The van der Waals surface area contributed by atoms with Gasteiger partial charge in [-0.15, -0.1) is 10.2 Å². The monoisotopic (exact) mass is 385 g/mol. The quantitative estimate of drug-likeness (QED) is 0.571. The third-order valence-electron chi connectivity index (χ3n) is 4.03. The summed E-state index contributed by atoms with van der Waals surface area (Å²) in [4.78, 5) is 0. The van der Waals surface area contributed by atoms with Crippen molar-refractivity contribution in [3.05, 3.63) is 53.6 Å². The summed E-state index contributed by atoms with van der Waals surface area (Å²) in [5.74, 6) is 2.97. The molecule has 5 nitrogen and oxygen atoms in total. The molecular formula is C19H19N3O2S2. The standard InChI is InChI=1S/C19H19N3O2S2/c1-12(2)14-4-6-15(7-5-14)20-18-21-22-19(26-18)25-10-13-3-8-16-17(9-13)24-11-23-16/h3-9,12H,10-11H2,1-2H3,(H,20,21). The van der Waals surface area contributed by atoms with E-state index in [1.165, 1.54) is 11.1 Å². The minimum atomic E-state index is 0.301. The topological polar surface area (TPSA) is 56.3 Å². The van der Waals surface area contributed by atoms with Gasteiger partial charge in [0, 0.05) is 11.4 Å². The van der Waals surface area contributed by atoms with E-state index in [1.807, 2.05) is 12.1 Å². The Morgan fingerprint density at radius 3 is 2.69 bits per heavy atom. The molecule has 0 unspecified atom stereocenters. The lowest BCUT2D eigenvalue weighted by molar-refractivity contribution is 0.174. The third kappa shape index (κ3) is 3.94. The number of rotatable bonds is 6. The molecule has 0 amide bonds. The molecule has 0 spiro atoms. The summed E-state index contributed by atoms with van der Waals surface area (Å²) in [6.07, 6.45) is 0. The minimum absolute atomic E-state index is 0.301. The molecule has 1 aromatic heterocycles. The Labute approximate surface area is 160 Å². The Bertz CT molecular complexity index is 894. The molecule has 0 saturated heterocycles. The van der Waals surface area contributed by atoms with E-state index in [9.17, 15) is 0 Å². The molecule has 0 radical (unpaired) electrons. The molecule has 1 aliphatic heterocycles. The molecule has 134 valence electrons. The maximum Gasteiger partial charge on any atom is 0.231 e. The predicted octanol–water partition coefficient (Wildman–Crippen LogP) is 5.43. The van der Waals surface area contributed by atoms with Gasteiger partial charge in [-0.1, -0.05) is 55.1 Å². The molecule has 4 rings (SSSR count). The smallest absolute Gasteiger partial charge is 0.231 e. The fourth-order valence-electron chi connectivity index (χ4n) is 2.57. The lowest BCUT2D eigenvalue weighted by atomic mass is 10.0. The van der Waals surface area contributed by atoms with Gasteiger partial charge < -0.3 is 14.8 Å². The Kier molecular flexibility index (Phi) is 4.99. The molecule has 0 saturated carbocycles. The summed E-state index contributed by atoms with van der Waals surface area (Å²) in [6, 6.07) is 14.5. The van der Waals surface area contributed by atoms with E-state index in [4.69, 9.17) is 9.47 Å². The van der Waals surface area contributed by atoms with E-state index in [0.29, 0.717) is 12.7 Å². The fraction of sp³-hybridized carbons (Fsp3) is 0.263. The van der Waals surface area contributed by atoms with E-state index in [0.717, 1.165) is 32.4 Å². The van der Waals surface area contributed by atoms with Gasteiger partial charge in [0.1, 0.15) is 0 Å². The number of hydrogen-bond acceptors (Lipinski definition) is 7. The number of nitrogens with zero attached hydrogens (tertiary/aromatic N) is 2. The van der Waals surface area contributed by atoms with E-state index in [2.05, 4.69) is 59.7 Å². The Morgan fingerprint density at radius 1 is 1.08 bits per heavy atom. The lowest BCUT2D eigenvalue weighted by Crippen LogP contribution is -1.92. The number of benzene rings is 2. The molecular weight excluding hydrogens is 366 g/mol. The molecule has 1 aliphatic rings. The molecule has 26 heavy (non-hydrogen) atoms. The van der Waals surface area contributed by atoms with Gasteiger partial charge in [-0.3, -0.25) is 0 Å². The van der Waals surface area contributed by atoms with Crippen molar-refractivity contribution in [2.24, 2.45) is 0 Å². The summed E-state index contributed by atoms with van der Waals surface area (Å²) >= 11 is 3.22. The van der Waals surface area contributed by atoms with Gasteiger partial charge >= 0.3 is 0 Å². The van der Waals surface area contributed by atoms with Crippen molar-refractivity contribution in [3.8, 4) is 11.5 Å². The largest absolute Gasteiger partial charge is 0.454 e. The van der Waals surface area contributed by atoms with Gasteiger partial charge in [-0.2, -0.15) is 0 Å². The van der Waals surface area contributed by atoms with Crippen LogP contribution in [0.5, 0.6) is 11.5 Å². The number of ether oxygens (including phenoxy) is 2. The fourth-order valence-corrected chi connectivity index (χ4v) is 4.28. The van der Waals surface area contributed by atoms with Crippen molar-refractivity contribution < 1.29 is 9.47 Å². The van der Waals surface area contributed by atoms with Crippen LogP contribution < -0.4 is 14.8 Å². The molecule has 0 bridgehead atoms. The second-order valence-corrected chi connectivity index (χ2v) is 8.45. The van der Waals surface area contributed by atoms with Crippen molar-refractivity contribution in [1.29, 1.82) is 0 Å². The average molecular weight is 386 g/mol. The number of anilines is 2. The highest BCUT2D eigenvalue weighted by Gasteiger charge is 2.13. The van der Waals surface area contributed by atoms with Crippen LogP contribution in [0.1, 0.15) is 30.9 Å². The van der Waals surface area contributed by atoms with Crippen molar-refractivity contribution >= 4 is 33.9 Å². The molecule has 3 aromatic rings. The summed E-state index contributed by atoms with van der Waals surface area (Å²) in [5.41, 5.74) is 3.53. The van der Waals surface area contributed by atoms with Crippen LogP contribution in [0.25, 0.3) is 0 Å². The maximum atomic E-state index is 5.42. The van der Waals surface area contributed by atoms with Crippen LogP contribution in [0.2, 0.25) is 0 Å². The van der Waals surface area contributed by atoms with E-state index < -0.39 is 0 Å². The second kappa shape index (κ2) is 7.55. The highest BCUT2D eigenvalue weighted by Crippen LogP contribution is 2.35. The van der Waals surface area contributed by atoms with Gasteiger partial charge in [-0.25, -0.2) is 0 Å². The van der Waals surface area contributed by atoms with Gasteiger partial charge in [0.2, 0.25) is 11.9 Å². The van der Waals surface area contributed by atoms with Crippen molar-refractivity contribution in [2.75, 3.05) is 12.1 Å². The highest BCUT2D eigenvalue weighted by atomic mass is 32.2. The summed E-state index contributed by atoms with van der Waals surface area (Å²) in [7, 11) is 0. The first-order valence-electron chi connectivity index (χ1n) is 8.39. The third-order valence-corrected chi connectivity index (χ3v) is 6.08. The first-order chi connectivity index (χ1) is 12.7. The first kappa shape index (κ1) is 17.2. The number of hydrogen-bond donors (Lipinski definition) is 1. The second-order valence-electron chi connectivity index (χ2n) is 6.25. The summed E-state index contributed by atoms with van der Waals surface area (Å²) in [6.45, 7) is 4.68. The lowest BCUT2D eigenvalue weighted by Gasteiger charge is -2.06. The van der Waals surface area contributed by atoms with Crippen LogP contribution >= 0.6 is 23.1 Å². The van der Waals surface area contributed by atoms with Crippen LogP contribution in [0.3, 0.4) is 0 Å². The normalized spacial score (nSPS) is 12.6. The molecule has 1 N–H and O–H groups in total. The summed E-state index contributed by atoms with van der Waals surface area (Å²) in [5, 5.41) is 12.6. The van der Waals surface area contributed by atoms with Crippen LogP contribution in [0.15, 0.2) is 46.8 Å². The Morgan fingerprint density at radius 2 is 1.88 bits per heavy atom. The molecule has 7 heteroatoms. The van der Waals surface area contributed by atoms with Gasteiger partial charge in [0.05, 0.1) is 0 Å². The van der Waals surface area contributed by atoms with Gasteiger partial charge in [0.25, 0.3) is 0 Å². The van der Waals surface area contributed by atoms with Gasteiger partial charge in [-0.05, 0) is 41.3 Å². The average Bonchev–Trinajstić information content (AvgIpc) is 3.29. The van der Waals surface area contributed by atoms with Crippen molar-refractivity contribution in [1.82, 2.24) is 10.2 Å². The van der Waals surface area contributed by atoms with Crippen LogP contribution in [0, 0.1) is 0 Å². The molecule has 0 aliphatic carbocycles. The van der Waals surface area contributed by atoms with Crippen molar-refractivity contribution in [2.45, 2.75) is 29.9 Å². The molecule has 2 heterocycles. The zero-order valence-corrected chi connectivity index (χ0v) is 16.2. The first-order valence-corrected chi connectivity index (χ1v) is 10.2. The zero-order valence-electron chi connectivity index (χ0n) is 14.6. The number of thioether (sulfide) groups is 1. The van der Waals surface area contributed by atoms with E-state index >= 15 is 0 Å². The van der Waals surface area contributed by atoms with Crippen LogP contribution in [-0.4, -0.2) is 17.0 Å². The summed E-state index contributed by atoms with van der Waals surface area (Å²) < 4.78 is 11.7. The van der Waals surface area contributed by atoms with Crippen LogP contribution in [0.4, 0.5) is 10.8 Å². The number of aromatic nitrogens is 2. The molecule has 2 aromatic carbocycles. The molecule has 0 fully saturated rings.